The Labute approximate surface area is 108 Å². The van der Waals surface area contributed by atoms with E-state index in [9.17, 15) is 4.79 Å². The van der Waals surface area contributed by atoms with Crippen LogP contribution in [0.25, 0.3) is 6.08 Å². The summed E-state index contributed by atoms with van der Waals surface area (Å²) in [5.41, 5.74) is 0.900. The molecule has 0 aromatic heterocycles. The van der Waals surface area contributed by atoms with Gasteiger partial charge in [0.2, 0.25) is 0 Å². The van der Waals surface area contributed by atoms with Gasteiger partial charge in [-0.3, -0.25) is 0 Å². The van der Waals surface area contributed by atoms with Gasteiger partial charge in [-0.1, -0.05) is 18.2 Å². The minimum Gasteiger partial charge on any atom is -0.497 e. The first-order chi connectivity index (χ1) is 8.76. The molecule has 0 N–H and O–H groups in total. The van der Waals surface area contributed by atoms with Crippen LogP contribution in [0.1, 0.15) is 18.4 Å². The van der Waals surface area contributed by atoms with Crippen LogP contribution in [0.4, 0.5) is 0 Å². The number of benzene rings is 1. The topological polar surface area (TPSA) is 35.5 Å². The molecule has 96 valence electrons. The fraction of sp³-hybridized carbons (Fsp3) is 0.267. The molecule has 0 aliphatic heterocycles. The monoisotopic (exact) mass is 246 g/mol. The number of rotatable bonds is 7. The van der Waals surface area contributed by atoms with Crippen molar-refractivity contribution in [2.75, 3.05) is 13.7 Å². The first-order valence-corrected chi connectivity index (χ1v) is 5.86. The molecule has 18 heavy (non-hydrogen) atoms. The van der Waals surface area contributed by atoms with Gasteiger partial charge in [0.25, 0.3) is 0 Å². The Balaban J connectivity index is 2.42. The van der Waals surface area contributed by atoms with Crippen molar-refractivity contribution in [1.82, 2.24) is 0 Å². The van der Waals surface area contributed by atoms with E-state index in [1.807, 2.05) is 24.3 Å². The van der Waals surface area contributed by atoms with E-state index in [1.165, 1.54) is 6.08 Å². The zero-order chi connectivity index (χ0) is 13.2. The number of carbonyl (C=O) groups is 1. The molecule has 0 aliphatic carbocycles. The predicted octanol–water partition coefficient (Wildman–Crippen LogP) is 3.22. The molecule has 0 saturated heterocycles. The summed E-state index contributed by atoms with van der Waals surface area (Å²) < 4.78 is 10.1. The molecule has 1 rings (SSSR count). The fourth-order valence-electron chi connectivity index (χ4n) is 1.36. The number of hydrogen-bond acceptors (Lipinski definition) is 3. The van der Waals surface area contributed by atoms with Crippen molar-refractivity contribution in [3.8, 4) is 5.75 Å². The fourth-order valence-corrected chi connectivity index (χ4v) is 1.36. The largest absolute Gasteiger partial charge is 0.497 e. The van der Waals surface area contributed by atoms with Gasteiger partial charge < -0.3 is 9.47 Å². The number of ether oxygens (including phenoxy) is 2. The summed E-state index contributed by atoms with van der Waals surface area (Å²) in [5, 5.41) is 0. The SMILES string of the molecule is C=CCCCOC(=O)/C=C/c1cccc(OC)c1. The molecule has 0 atom stereocenters. The van der Waals surface area contributed by atoms with Crippen LogP contribution >= 0.6 is 0 Å². The average molecular weight is 246 g/mol. The Morgan fingerprint density at radius 2 is 2.28 bits per heavy atom. The lowest BCUT2D eigenvalue weighted by Gasteiger charge is -2.01. The van der Waals surface area contributed by atoms with Crippen molar-refractivity contribution in [3.05, 3.63) is 48.6 Å². The minimum absolute atomic E-state index is 0.332. The molecule has 0 unspecified atom stereocenters. The van der Waals surface area contributed by atoms with Crippen molar-refractivity contribution in [2.45, 2.75) is 12.8 Å². The number of hydrogen-bond donors (Lipinski definition) is 0. The van der Waals surface area contributed by atoms with Crippen molar-refractivity contribution in [3.63, 3.8) is 0 Å². The van der Waals surface area contributed by atoms with Crippen molar-refractivity contribution in [1.29, 1.82) is 0 Å². The van der Waals surface area contributed by atoms with Crippen LogP contribution in [0.5, 0.6) is 5.75 Å². The number of allylic oxidation sites excluding steroid dienone is 1. The van der Waals surface area contributed by atoms with Crippen molar-refractivity contribution >= 4 is 12.0 Å². The molecular formula is C15H18O3. The second kappa shape index (κ2) is 8.12. The molecule has 1 aromatic rings. The average Bonchev–Trinajstić information content (AvgIpc) is 2.41. The highest BCUT2D eigenvalue weighted by Gasteiger charge is 1.97. The van der Waals surface area contributed by atoms with E-state index in [-0.39, 0.29) is 5.97 Å². The van der Waals surface area contributed by atoms with E-state index < -0.39 is 0 Å². The lowest BCUT2D eigenvalue weighted by molar-refractivity contribution is -0.137. The summed E-state index contributed by atoms with van der Waals surface area (Å²) in [5.74, 6) is 0.429. The van der Waals surface area contributed by atoms with Crippen molar-refractivity contribution in [2.24, 2.45) is 0 Å². The molecule has 0 bridgehead atoms. The van der Waals surface area contributed by atoms with Gasteiger partial charge in [-0.05, 0) is 36.6 Å². The highest BCUT2D eigenvalue weighted by Crippen LogP contribution is 2.13. The molecule has 1 aromatic carbocycles. The second-order valence-corrected chi connectivity index (χ2v) is 3.71. The van der Waals surface area contributed by atoms with E-state index in [0.29, 0.717) is 6.61 Å². The van der Waals surface area contributed by atoms with Crippen LogP contribution in [0.3, 0.4) is 0 Å². The summed E-state index contributed by atoms with van der Waals surface area (Å²) in [4.78, 5) is 11.4. The van der Waals surface area contributed by atoms with Gasteiger partial charge >= 0.3 is 5.97 Å². The first-order valence-electron chi connectivity index (χ1n) is 5.86. The molecule has 0 fully saturated rings. The third kappa shape index (κ3) is 5.34. The van der Waals surface area contributed by atoms with E-state index in [4.69, 9.17) is 9.47 Å². The number of carbonyl (C=O) groups excluding carboxylic acids is 1. The smallest absolute Gasteiger partial charge is 0.330 e. The third-order valence-electron chi connectivity index (χ3n) is 2.30. The molecule has 0 heterocycles. The maximum Gasteiger partial charge on any atom is 0.330 e. The maximum absolute atomic E-state index is 11.4. The van der Waals surface area contributed by atoms with Gasteiger partial charge in [-0.25, -0.2) is 4.79 Å². The van der Waals surface area contributed by atoms with Gasteiger partial charge in [0.15, 0.2) is 0 Å². The van der Waals surface area contributed by atoms with Gasteiger partial charge in [-0.15, -0.1) is 6.58 Å². The molecule has 0 saturated carbocycles. The number of esters is 1. The molecule has 0 amide bonds. The Morgan fingerprint density at radius 3 is 3.00 bits per heavy atom. The summed E-state index contributed by atoms with van der Waals surface area (Å²) in [7, 11) is 1.61. The van der Waals surface area contributed by atoms with Crippen LogP contribution in [0.2, 0.25) is 0 Å². The second-order valence-electron chi connectivity index (χ2n) is 3.71. The molecule has 3 nitrogen and oxygen atoms in total. The summed E-state index contributed by atoms with van der Waals surface area (Å²) in [6.07, 6.45) is 6.59. The Morgan fingerprint density at radius 1 is 1.44 bits per heavy atom. The minimum atomic E-state index is -0.332. The maximum atomic E-state index is 11.4. The van der Waals surface area contributed by atoms with E-state index in [0.717, 1.165) is 24.2 Å². The molecule has 0 radical (unpaired) electrons. The number of unbranched alkanes of at least 4 members (excludes halogenated alkanes) is 1. The van der Waals surface area contributed by atoms with Crippen molar-refractivity contribution < 1.29 is 14.3 Å². The highest BCUT2D eigenvalue weighted by molar-refractivity contribution is 5.87. The zero-order valence-electron chi connectivity index (χ0n) is 10.6. The van der Waals surface area contributed by atoms with Gasteiger partial charge in [0, 0.05) is 6.08 Å². The Hall–Kier alpha value is -2.03. The van der Waals surface area contributed by atoms with Crippen LogP contribution in [0.15, 0.2) is 43.0 Å². The zero-order valence-corrected chi connectivity index (χ0v) is 10.6. The highest BCUT2D eigenvalue weighted by atomic mass is 16.5. The van der Waals surface area contributed by atoms with Crippen LogP contribution in [0, 0.1) is 0 Å². The van der Waals surface area contributed by atoms with E-state index in [1.54, 1.807) is 19.3 Å². The lowest BCUT2D eigenvalue weighted by Crippen LogP contribution is -2.01. The summed E-state index contributed by atoms with van der Waals surface area (Å²) >= 11 is 0. The summed E-state index contributed by atoms with van der Waals surface area (Å²) in [6, 6.07) is 7.46. The van der Waals surface area contributed by atoms with Crippen LogP contribution in [-0.2, 0) is 9.53 Å². The molecule has 0 spiro atoms. The first kappa shape index (κ1) is 14.0. The quantitative estimate of drug-likeness (QED) is 0.321. The standard InChI is InChI=1S/C15H18O3/c1-3-4-5-11-18-15(16)10-9-13-7-6-8-14(12-13)17-2/h3,6-10,12H,1,4-5,11H2,2H3/b10-9+. The third-order valence-corrected chi connectivity index (χ3v) is 2.30. The number of methoxy groups -OCH3 is 1. The Kier molecular flexibility index (Phi) is 6.33. The van der Waals surface area contributed by atoms with Gasteiger partial charge in [-0.2, -0.15) is 0 Å². The molecule has 3 heteroatoms. The lowest BCUT2D eigenvalue weighted by atomic mass is 10.2. The van der Waals surface area contributed by atoms with Crippen LogP contribution < -0.4 is 4.74 Å². The molecule has 0 aliphatic rings. The van der Waals surface area contributed by atoms with Gasteiger partial charge in [0.1, 0.15) is 5.75 Å². The van der Waals surface area contributed by atoms with Crippen LogP contribution in [-0.4, -0.2) is 19.7 Å². The Bertz CT molecular complexity index is 422. The van der Waals surface area contributed by atoms with Gasteiger partial charge in [0.05, 0.1) is 13.7 Å². The predicted molar refractivity (Wildman–Crippen MR) is 72.4 cm³/mol. The normalized spacial score (nSPS) is 10.3. The summed E-state index contributed by atoms with van der Waals surface area (Å²) in [6.45, 7) is 4.03. The van der Waals surface area contributed by atoms with E-state index >= 15 is 0 Å². The van der Waals surface area contributed by atoms with E-state index in [2.05, 4.69) is 6.58 Å². The molecular weight excluding hydrogens is 228 g/mol.